The van der Waals surface area contributed by atoms with Crippen molar-refractivity contribution in [1.82, 2.24) is 20.4 Å². The molecule has 0 aromatic carbocycles. The minimum Gasteiger partial charge on any atom is -0.355 e. The van der Waals surface area contributed by atoms with E-state index in [9.17, 15) is 4.79 Å². The third kappa shape index (κ3) is 4.81. The van der Waals surface area contributed by atoms with Crippen molar-refractivity contribution in [2.75, 3.05) is 46.3 Å². The van der Waals surface area contributed by atoms with Gasteiger partial charge >= 0.3 is 0 Å². The van der Waals surface area contributed by atoms with Crippen LogP contribution in [0, 0.1) is 5.41 Å². The number of nitrogens with zero attached hydrogens (tertiary/aromatic N) is 3. The highest BCUT2D eigenvalue weighted by atomic mass is 127. The SMILES string of the molecule is CN=C(NCC(c1cccs1)N1CCCC1)N1CCCC2(CNC(=O)C2)C1.I. The predicted molar refractivity (Wildman–Crippen MR) is 126 cm³/mol. The van der Waals surface area contributed by atoms with E-state index >= 15 is 0 Å². The van der Waals surface area contributed by atoms with Crippen LogP contribution in [0.5, 0.6) is 0 Å². The summed E-state index contributed by atoms with van der Waals surface area (Å²) < 4.78 is 0. The zero-order valence-electron chi connectivity index (χ0n) is 16.7. The van der Waals surface area contributed by atoms with E-state index in [4.69, 9.17) is 0 Å². The van der Waals surface area contributed by atoms with E-state index in [0.717, 1.165) is 45.0 Å². The number of guanidine groups is 1. The molecule has 1 spiro atoms. The molecule has 6 nitrogen and oxygen atoms in total. The van der Waals surface area contributed by atoms with Crippen molar-refractivity contribution >= 4 is 47.2 Å². The lowest BCUT2D eigenvalue weighted by atomic mass is 9.79. The lowest BCUT2D eigenvalue weighted by Crippen LogP contribution is -2.52. The Bertz CT molecular complexity index is 676. The normalized spacial score (nSPS) is 27.0. The molecule has 2 atom stereocenters. The minimum atomic E-state index is 0. The van der Waals surface area contributed by atoms with Crippen molar-refractivity contribution in [3.05, 3.63) is 22.4 Å². The Morgan fingerprint density at radius 2 is 2.18 bits per heavy atom. The Balaban J connectivity index is 0.00000225. The topological polar surface area (TPSA) is 60.0 Å². The molecule has 0 aliphatic carbocycles. The minimum absolute atomic E-state index is 0. The summed E-state index contributed by atoms with van der Waals surface area (Å²) in [6, 6.07) is 4.82. The summed E-state index contributed by atoms with van der Waals surface area (Å²) in [6.07, 6.45) is 5.51. The first-order valence-corrected chi connectivity index (χ1v) is 11.1. The zero-order chi connectivity index (χ0) is 18.7. The van der Waals surface area contributed by atoms with Gasteiger partial charge in [-0.2, -0.15) is 0 Å². The number of thiophene rings is 1. The first kappa shape index (κ1) is 21.8. The summed E-state index contributed by atoms with van der Waals surface area (Å²) in [5, 5.41) is 8.86. The summed E-state index contributed by atoms with van der Waals surface area (Å²) in [7, 11) is 1.87. The third-order valence-electron chi connectivity index (χ3n) is 6.28. The molecule has 4 heterocycles. The second-order valence-corrected chi connectivity index (χ2v) is 9.16. The highest BCUT2D eigenvalue weighted by molar-refractivity contribution is 14.0. The first-order valence-electron chi connectivity index (χ1n) is 10.2. The van der Waals surface area contributed by atoms with Crippen LogP contribution in [0.15, 0.2) is 22.5 Å². The number of hydrogen-bond acceptors (Lipinski definition) is 4. The Morgan fingerprint density at radius 3 is 2.82 bits per heavy atom. The molecule has 1 aromatic rings. The predicted octanol–water partition coefficient (Wildman–Crippen LogP) is 2.68. The monoisotopic (exact) mass is 517 g/mol. The van der Waals surface area contributed by atoms with Crippen LogP contribution in [0.4, 0.5) is 0 Å². The van der Waals surface area contributed by atoms with E-state index < -0.39 is 0 Å². The quantitative estimate of drug-likeness (QED) is 0.367. The average molecular weight is 517 g/mol. The number of amides is 1. The molecule has 0 radical (unpaired) electrons. The van der Waals surface area contributed by atoms with E-state index in [0.29, 0.717) is 12.5 Å². The van der Waals surface area contributed by atoms with Crippen molar-refractivity contribution in [2.24, 2.45) is 10.4 Å². The number of carbonyl (C=O) groups is 1. The van der Waals surface area contributed by atoms with Crippen LogP contribution >= 0.6 is 35.3 Å². The van der Waals surface area contributed by atoms with E-state index in [2.05, 4.69) is 42.9 Å². The van der Waals surface area contributed by atoms with E-state index in [1.807, 2.05) is 18.4 Å². The molecule has 1 amide bonds. The maximum Gasteiger partial charge on any atom is 0.220 e. The molecular formula is C20H32IN5OS. The lowest BCUT2D eigenvalue weighted by molar-refractivity contribution is -0.119. The van der Waals surface area contributed by atoms with Crippen molar-refractivity contribution in [1.29, 1.82) is 0 Å². The Labute approximate surface area is 189 Å². The Hall–Kier alpha value is -0.870. The number of carbonyl (C=O) groups excluding carboxylic acids is 1. The highest BCUT2D eigenvalue weighted by Gasteiger charge is 2.42. The van der Waals surface area contributed by atoms with Gasteiger partial charge in [0.05, 0.1) is 6.04 Å². The number of hydrogen-bond donors (Lipinski definition) is 2. The van der Waals surface area contributed by atoms with Gasteiger partial charge in [-0.25, -0.2) is 0 Å². The summed E-state index contributed by atoms with van der Waals surface area (Å²) in [6.45, 7) is 5.99. The van der Waals surface area contributed by atoms with Crippen LogP contribution < -0.4 is 10.6 Å². The van der Waals surface area contributed by atoms with Gasteiger partial charge in [-0.3, -0.25) is 14.7 Å². The second-order valence-electron chi connectivity index (χ2n) is 8.18. The number of nitrogens with one attached hydrogen (secondary N) is 2. The standard InChI is InChI=1S/C20H31N5OS.HI/c1-21-19(25-10-5-7-20(15-25)12-18(26)23-14-20)22-13-16(17-6-4-11-27-17)24-8-2-3-9-24;/h4,6,11,16H,2-3,5,7-10,12-15H2,1H3,(H,21,22)(H,23,26);1H. The number of likely N-dealkylation sites (tertiary alicyclic amines) is 2. The highest BCUT2D eigenvalue weighted by Crippen LogP contribution is 2.36. The lowest BCUT2D eigenvalue weighted by Gasteiger charge is -2.41. The van der Waals surface area contributed by atoms with E-state index in [-0.39, 0.29) is 35.3 Å². The molecule has 28 heavy (non-hydrogen) atoms. The van der Waals surface area contributed by atoms with Crippen LogP contribution in [-0.2, 0) is 4.79 Å². The average Bonchev–Trinajstić information content (AvgIpc) is 3.43. The van der Waals surface area contributed by atoms with Crippen molar-refractivity contribution < 1.29 is 4.79 Å². The van der Waals surface area contributed by atoms with E-state index in [1.54, 1.807) is 0 Å². The fraction of sp³-hybridized carbons (Fsp3) is 0.700. The van der Waals surface area contributed by atoms with E-state index in [1.165, 1.54) is 30.8 Å². The third-order valence-corrected chi connectivity index (χ3v) is 7.25. The van der Waals surface area contributed by atoms with Gasteiger partial charge in [-0.1, -0.05) is 6.07 Å². The zero-order valence-corrected chi connectivity index (χ0v) is 19.8. The van der Waals surface area contributed by atoms with Gasteiger partial charge in [0.2, 0.25) is 5.91 Å². The summed E-state index contributed by atoms with van der Waals surface area (Å²) in [4.78, 5) is 22.7. The maximum atomic E-state index is 11.8. The fourth-order valence-corrected chi connectivity index (χ4v) is 5.75. The molecular weight excluding hydrogens is 485 g/mol. The fourth-order valence-electron chi connectivity index (χ4n) is 4.89. The summed E-state index contributed by atoms with van der Waals surface area (Å²) in [5.74, 6) is 1.18. The van der Waals surface area contributed by atoms with Gasteiger partial charge in [0, 0.05) is 49.9 Å². The Morgan fingerprint density at radius 1 is 1.36 bits per heavy atom. The molecule has 4 rings (SSSR count). The first-order chi connectivity index (χ1) is 13.2. The van der Waals surface area contributed by atoms with Crippen LogP contribution in [0.25, 0.3) is 0 Å². The number of piperidine rings is 1. The molecule has 1 aromatic heterocycles. The molecule has 3 aliphatic rings. The molecule has 3 aliphatic heterocycles. The van der Waals surface area contributed by atoms with Gasteiger partial charge < -0.3 is 15.5 Å². The van der Waals surface area contributed by atoms with Crippen LogP contribution in [-0.4, -0.2) is 68.0 Å². The Kier molecular flexibility index (Phi) is 7.60. The van der Waals surface area contributed by atoms with Crippen LogP contribution in [0.3, 0.4) is 0 Å². The maximum absolute atomic E-state index is 11.8. The summed E-state index contributed by atoms with van der Waals surface area (Å²) >= 11 is 1.85. The van der Waals surface area contributed by atoms with Crippen LogP contribution in [0.1, 0.15) is 43.0 Å². The van der Waals surface area contributed by atoms with Gasteiger partial charge in [0.15, 0.2) is 5.96 Å². The molecule has 8 heteroatoms. The molecule has 156 valence electrons. The number of rotatable bonds is 4. The number of halogens is 1. The number of aliphatic imine (C=N–C) groups is 1. The van der Waals surface area contributed by atoms with Crippen molar-refractivity contribution in [3.63, 3.8) is 0 Å². The van der Waals surface area contributed by atoms with Gasteiger partial charge in [0.1, 0.15) is 0 Å². The molecule has 3 saturated heterocycles. The molecule has 3 fully saturated rings. The van der Waals surface area contributed by atoms with Crippen molar-refractivity contribution in [3.8, 4) is 0 Å². The van der Waals surface area contributed by atoms with Gasteiger partial charge in [-0.15, -0.1) is 35.3 Å². The second kappa shape index (κ2) is 9.75. The molecule has 2 unspecified atom stereocenters. The smallest absolute Gasteiger partial charge is 0.220 e. The summed E-state index contributed by atoms with van der Waals surface area (Å²) in [5.41, 5.74) is 0.0923. The molecule has 2 N–H and O–H groups in total. The van der Waals surface area contributed by atoms with Crippen molar-refractivity contribution in [2.45, 2.75) is 38.1 Å². The molecule has 0 bridgehead atoms. The molecule has 0 saturated carbocycles. The van der Waals surface area contributed by atoms with Gasteiger partial charge in [-0.05, 0) is 50.2 Å². The van der Waals surface area contributed by atoms with Crippen LogP contribution in [0.2, 0.25) is 0 Å². The largest absolute Gasteiger partial charge is 0.355 e. The van der Waals surface area contributed by atoms with Gasteiger partial charge in [0.25, 0.3) is 0 Å².